The van der Waals surface area contributed by atoms with E-state index in [-0.39, 0.29) is 11.9 Å². The van der Waals surface area contributed by atoms with Crippen molar-refractivity contribution in [3.05, 3.63) is 29.8 Å². The van der Waals surface area contributed by atoms with Gasteiger partial charge in [0.25, 0.3) is 0 Å². The molecule has 0 aromatic heterocycles. The molecular weight excluding hydrogens is 220 g/mol. The molecule has 0 N–H and O–H groups in total. The molecule has 1 saturated carbocycles. The predicted molar refractivity (Wildman–Crippen MR) is 61.0 cm³/mol. The van der Waals surface area contributed by atoms with Gasteiger partial charge in [-0.15, -0.1) is 0 Å². The second-order valence-electron chi connectivity index (χ2n) is 4.09. The molecule has 4 nitrogen and oxygen atoms in total. The van der Waals surface area contributed by atoms with Crippen LogP contribution >= 0.6 is 0 Å². The fourth-order valence-corrected chi connectivity index (χ4v) is 1.62. The van der Waals surface area contributed by atoms with E-state index in [4.69, 9.17) is 9.47 Å². The van der Waals surface area contributed by atoms with E-state index in [1.807, 2.05) is 0 Å². The zero-order chi connectivity index (χ0) is 12.3. The van der Waals surface area contributed by atoms with Crippen molar-refractivity contribution in [1.82, 2.24) is 0 Å². The van der Waals surface area contributed by atoms with Crippen LogP contribution in [0.15, 0.2) is 24.3 Å². The van der Waals surface area contributed by atoms with Gasteiger partial charge in [-0.2, -0.15) is 0 Å². The van der Waals surface area contributed by atoms with Crippen molar-refractivity contribution in [1.29, 1.82) is 0 Å². The third-order valence-electron chi connectivity index (χ3n) is 2.76. The molecule has 0 aliphatic heterocycles. The highest BCUT2D eigenvalue weighted by Gasteiger charge is 2.38. The molecule has 0 radical (unpaired) electrons. The Bertz CT molecular complexity index is 406. The zero-order valence-electron chi connectivity index (χ0n) is 9.59. The highest BCUT2D eigenvalue weighted by atomic mass is 16.6. The number of esters is 1. The number of methoxy groups -OCH3 is 1. The quantitative estimate of drug-likeness (QED) is 0.576. The molecule has 1 aromatic rings. The lowest BCUT2D eigenvalue weighted by Crippen LogP contribution is -2.30. The first-order chi connectivity index (χ1) is 8.24. The molecule has 90 valence electrons. The Morgan fingerprint density at radius 2 is 2.00 bits per heavy atom. The van der Waals surface area contributed by atoms with Crippen LogP contribution in [0.25, 0.3) is 0 Å². The highest BCUT2D eigenvalue weighted by Crippen LogP contribution is 2.35. The van der Waals surface area contributed by atoms with E-state index in [9.17, 15) is 9.59 Å². The van der Waals surface area contributed by atoms with Gasteiger partial charge in [-0.1, -0.05) is 0 Å². The summed E-state index contributed by atoms with van der Waals surface area (Å²) in [5, 5.41) is 0. The minimum Gasteiger partial charge on any atom is -0.478 e. The average Bonchev–Trinajstić information content (AvgIpc) is 3.20. The minimum absolute atomic E-state index is 0.258. The zero-order valence-corrected chi connectivity index (χ0v) is 9.59. The topological polar surface area (TPSA) is 52.6 Å². The minimum atomic E-state index is -0.526. The van der Waals surface area contributed by atoms with E-state index in [0.717, 1.165) is 19.1 Å². The lowest BCUT2D eigenvalue weighted by Gasteiger charge is -2.16. The summed E-state index contributed by atoms with van der Waals surface area (Å²) < 4.78 is 10.3. The van der Waals surface area contributed by atoms with Crippen molar-refractivity contribution in [2.45, 2.75) is 18.9 Å². The predicted octanol–water partition coefficient (Wildman–Crippen LogP) is 1.83. The Kier molecular flexibility index (Phi) is 3.42. The Labute approximate surface area is 99.5 Å². The van der Waals surface area contributed by atoms with E-state index >= 15 is 0 Å². The van der Waals surface area contributed by atoms with Gasteiger partial charge in [0.2, 0.25) is 0 Å². The summed E-state index contributed by atoms with van der Waals surface area (Å²) in [4.78, 5) is 22.0. The van der Waals surface area contributed by atoms with Crippen LogP contribution in [-0.2, 0) is 9.53 Å². The number of carbonyl (C=O) groups excluding carboxylic acids is 2. The monoisotopic (exact) mass is 234 g/mol. The van der Waals surface area contributed by atoms with E-state index in [1.165, 1.54) is 7.11 Å². The van der Waals surface area contributed by atoms with Gasteiger partial charge >= 0.3 is 5.97 Å². The number of rotatable bonds is 5. The molecule has 2 rings (SSSR count). The fraction of sp³-hybridized carbons (Fsp3) is 0.385. The standard InChI is InChI=1S/C13H14O4/c1-16-13(15)12(10-4-5-10)17-11-6-2-9(8-14)3-7-11/h2-3,6-8,10,12H,4-5H2,1H3. The largest absolute Gasteiger partial charge is 0.478 e. The first-order valence-electron chi connectivity index (χ1n) is 5.54. The third kappa shape index (κ3) is 2.84. The second kappa shape index (κ2) is 4.99. The number of hydrogen-bond donors (Lipinski definition) is 0. The normalized spacial score (nSPS) is 16.1. The van der Waals surface area contributed by atoms with E-state index in [0.29, 0.717) is 11.3 Å². The number of ether oxygens (including phenoxy) is 2. The second-order valence-corrected chi connectivity index (χ2v) is 4.09. The Balaban J connectivity index is 2.06. The van der Waals surface area contributed by atoms with Crippen LogP contribution in [0.2, 0.25) is 0 Å². The fourth-order valence-electron chi connectivity index (χ4n) is 1.62. The summed E-state index contributed by atoms with van der Waals surface area (Å²) in [6.07, 6.45) is 2.22. The van der Waals surface area contributed by atoms with Crippen LogP contribution in [0.1, 0.15) is 23.2 Å². The van der Waals surface area contributed by atoms with Crippen molar-refractivity contribution in [2.24, 2.45) is 5.92 Å². The van der Waals surface area contributed by atoms with Gasteiger partial charge in [0.05, 0.1) is 7.11 Å². The molecule has 1 atom stereocenters. The summed E-state index contributed by atoms with van der Waals surface area (Å²) >= 11 is 0. The third-order valence-corrected chi connectivity index (χ3v) is 2.76. The molecular formula is C13H14O4. The van der Waals surface area contributed by atoms with Crippen molar-refractivity contribution in [2.75, 3.05) is 7.11 Å². The molecule has 0 amide bonds. The van der Waals surface area contributed by atoms with Crippen LogP contribution < -0.4 is 4.74 Å². The van der Waals surface area contributed by atoms with Gasteiger partial charge in [-0.3, -0.25) is 4.79 Å². The van der Waals surface area contributed by atoms with Gasteiger partial charge < -0.3 is 9.47 Å². The number of hydrogen-bond acceptors (Lipinski definition) is 4. The lowest BCUT2D eigenvalue weighted by atomic mass is 10.2. The molecule has 1 unspecified atom stereocenters. The summed E-state index contributed by atoms with van der Waals surface area (Å²) in [7, 11) is 1.36. The Morgan fingerprint density at radius 3 is 2.47 bits per heavy atom. The Morgan fingerprint density at radius 1 is 1.35 bits per heavy atom. The number of aldehydes is 1. The molecule has 1 aliphatic carbocycles. The average molecular weight is 234 g/mol. The van der Waals surface area contributed by atoms with E-state index in [1.54, 1.807) is 24.3 Å². The lowest BCUT2D eigenvalue weighted by molar-refractivity contribution is -0.149. The molecule has 0 spiro atoms. The van der Waals surface area contributed by atoms with E-state index < -0.39 is 6.10 Å². The van der Waals surface area contributed by atoms with Gasteiger partial charge in [0.15, 0.2) is 6.10 Å². The molecule has 17 heavy (non-hydrogen) atoms. The van der Waals surface area contributed by atoms with Crippen molar-refractivity contribution >= 4 is 12.3 Å². The van der Waals surface area contributed by atoms with Gasteiger partial charge in [0.1, 0.15) is 12.0 Å². The number of benzene rings is 1. The first kappa shape index (κ1) is 11.6. The summed E-state index contributed by atoms with van der Waals surface area (Å²) in [5.41, 5.74) is 0.582. The van der Waals surface area contributed by atoms with Crippen molar-refractivity contribution in [3.8, 4) is 5.75 Å². The highest BCUT2D eigenvalue weighted by molar-refractivity contribution is 5.76. The smallest absolute Gasteiger partial charge is 0.347 e. The maximum Gasteiger partial charge on any atom is 0.347 e. The van der Waals surface area contributed by atoms with Crippen LogP contribution in [0, 0.1) is 5.92 Å². The van der Waals surface area contributed by atoms with Gasteiger partial charge in [0, 0.05) is 11.5 Å². The van der Waals surface area contributed by atoms with Crippen LogP contribution in [-0.4, -0.2) is 25.5 Å². The van der Waals surface area contributed by atoms with Crippen LogP contribution in [0.4, 0.5) is 0 Å². The molecule has 4 heteroatoms. The molecule has 0 bridgehead atoms. The SMILES string of the molecule is COC(=O)C(Oc1ccc(C=O)cc1)C1CC1. The first-order valence-corrected chi connectivity index (χ1v) is 5.54. The van der Waals surface area contributed by atoms with Crippen LogP contribution in [0.3, 0.4) is 0 Å². The van der Waals surface area contributed by atoms with Gasteiger partial charge in [-0.25, -0.2) is 4.79 Å². The molecule has 1 aliphatic rings. The maximum absolute atomic E-state index is 11.5. The summed E-state index contributed by atoms with van der Waals surface area (Å²) in [6.45, 7) is 0. The van der Waals surface area contributed by atoms with Crippen molar-refractivity contribution < 1.29 is 19.1 Å². The van der Waals surface area contributed by atoms with Gasteiger partial charge in [-0.05, 0) is 37.1 Å². The summed E-state index contributed by atoms with van der Waals surface area (Å²) in [6, 6.07) is 6.68. The molecule has 1 fully saturated rings. The number of carbonyl (C=O) groups is 2. The maximum atomic E-state index is 11.5. The van der Waals surface area contributed by atoms with Crippen LogP contribution in [0.5, 0.6) is 5.75 Å². The molecule has 0 saturated heterocycles. The Hall–Kier alpha value is -1.84. The van der Waals surface area contributed by atoms with E-state index in [2.05, 4.69) is 0 Å². The summed E-state index contributed by atoms with van der Waals surface area (Å²) in [5.74, 6) is 0.498. The molecule has 1 aromatic carbocycles. The molecule has 0 heterocycles. The van der Waals surface area contributed by atoms with Crippen molar-refractivity contribution in [3.63, 3.8) is 0 Å².